The molecule has 0 amide bonds. The molecule has 0 aliphatic heterocycles. The van der Waals surface area contributed by atoms with Crippen LogP contribution in [0.5, 0.6) is 11.5 Å². The summed E-state index contributed by atoms with van der Waals surface area (Å²) in [7, 11) is 1.54. The SMILES string of the molecule is C#CCOc1c(I)cc(/C=N/Nc2ccc([N+](=O)[O-])cn2)cc1OC. The number of nitrogens with one attached hydrogen (secondary N) is 1. The minimum atomic E-state index is -0.516. The van der Waals surface area contributed by atoms with Crippen molar-refractivity contribution in [3.63, 3.8) is 0 Å². The Morgan fingerprint density at radius 1 is 1.52 bits per heavy atom. The number of methoxy groups -OCH3 is 1. The number of nitro groups is 1. The van der Waals surface area contributed by atoms with Gasteiger partial charge in [-0.25, -0.2) is 4.98 Å². The van der Waals surface area contributed by atoms with Crippen LogP contribution in [-0.2, 0) is 0 Å². The minimum Gasteiger partial charge on any atom is -0.493 e. The molecule has 8 nitrogen and oxygen atoms in total. The van der Waals surface area contributed by atoms with Crippen molar-refractivity contribution in [1.29, 1.82) is 0 Å². The Labute approximate surface area is 157 Å². The Balaban J connectivity index is 2.11. The molecule has 1 heterocycles. The van der Waals surface area contributed by atoms with Crippen molar-refractivity contribution in [2.75, 3.05) is 19.1 Å². The molecule has 1 aromatic heterocycles. The predicted octanol–water partition coefficient (Wildman–Crippen LogP) is 3.06. The van der Waals surface area contributed by atoms with Crippen LogP contribution in [0.3, 0.4) is 0 Å². The Morgan fingerprint density at radius 2 is 2.32 bits per heavy atom. The summed E-state index contributed by atoms with van der Waals surface area (Å²) in [5, 5.41) is 14.6. The maximum absolute atomic E-state index is 10.6. The van der Waals surface area contributed by atoms with E-state index in [4.69, 9.17) is 15.9 Å². The molecule has 0 fully saturated rings. The molecule has 0 unspecified atom stereocenters. The van der Waals surface area contributed by atoms with Crippen LogP contribution in [0.4, 0.5) is 11.5 Å². The summed E-state index contributed by atoms with van der Waals surface area (Å²) in [5.41, 5.74) is 3.38. The molecule has 0 atom stereocenters. The summed E-state index contributed by atoms with van der Waals surface area (Å²) >= 11 is 2.12. The van der Waals surface area contributed by atoms with Gasteiger partial charge in [-0.2, -0.15) is 5.10 Å². The van der Waals surface area contributed by atoms with E-state index >= 15 is 0 Å². The van der Waals surface area contributed by atoms with Gasteiger partial charge in [-0.3, -0.25) is 15.5 Å². The van der Waals surface area contributed by atoms with E-state index in [1.54, 1.807) is 12.3 Å². The van der Waals surface area contributed by atoms with Crippen molar-refractivity contribution in [1.82, 2.24) is 4.98 Å². The maximum atomic E-state index is 10.6. The molecule has 2 rings (SSSR count). The van der Waals surface area contributed by atoms with Crippen LogP contribution in [0.15, 0.2) is 35.6 Å². The second-order valence-corrected chi connectivity index (χ2v) is 5.72. The molecule has 9 heteroatoms. The van der Waals surface area contributed by atoms with Crippen LogP contribution in [-0.4, -0.2) is 29.8 Å². The summed E-state index contributed by atoms with van der Waals surface area (Å²) in [6.07, 6.45) is 7.93. The van der Waals surface area contributed by atoms with Gasteiger partial charge in [0.05, 0.1) is 21.8 Å². The number of nitrogens with zero attached hydrogens (tertiary/aromatic N) is 3. The summed E-state index contributed by atoms with van der Waals surface area (Å²) in [6, 6.07) is 6.41. The third-order valence-electron chi connectivity index (χ3n) is 2.90. The van der Waals surface area contributed by atoms with E-state index in [1.807, 2.05) is 6.07 Å². The molecule has 0 radical (unpaired) electrons. The topological polar surface area (TPSA) is 98.9 Å². The smallest absolute Gasteiger partial charge is 0.287 e. The standard InChI is InChI=1S/C16H13IN4O4/c1-3-6-25-16-13(17)7-11(8-14(16)24-2)9-19-20-15-5-4-12(10-18-15)21(22)23/h1,4-5,7-10H,6H2,2H3,(H,18,20)/b19-9+. The lowest BCUT2D eigenvalue weighted by molar-refractivity contribution is -0.385. The Hall–Kier alpha value is -2.87. The number of rotatable bonds is 7. The molecule has 0 saturated heterocycles. The van der Waals surface area contributed by atoms with Gasteiger partial charge < -0.3 is 9.47 Å². The molecule has 1 N–H and O–H groups in total. The van der Waals surface area contributed by atoms with Gasteiger partial charge in [0.1, 0.15) is 18.6 Å². The second kappa shape index (κ2) is 8.84. The van der Waals surface area contributed by atoms with E-state index in [0.29, 0.717) is 17.3 Å². The zero-order chi connectivity index (χ0) is 18.2. The number of benzene rings is 1. The van der Waals surface area contributed by atoms with Crippen LogP contribution in [0.2, 0.25) is 0 Å². The quantitative estimate of drug-likeness (QED) is 0.228. The molecular weight excluding hydrogens is 439 g/mol. The van der Waals surface area contributed by atoms with Crippen molar-refractivity contribution in [3.8, 4) is 23.8 Å². The second-order valence-electron chi connectivity index (χ2n) is 4.56. The fourth-order valence-electron chi connectivity index (χ4n) is 1.80. The fraction of sp³-hybridized carbons (Fsp3) is 0.125. The number of pyridine rings is 1. The van der Waals surface area contributed by atoms with Crippen molar-refractivity contribution in [2.24, 2.45) is 5.10 Å². The number of hydrogen-bond donors (Lipinski definition) is 1. The van der Waals surface area contributed by atoms with Crippen LogP contribution in [0, 0.1) is 26.0 Å². The summed E-state index contributed by atoms with van der Waals surface area (Å²) in [6.45, 7) is 0.146. The molecule has 0 spiro atoms. The highest BCUT2D eigenvalue weighted by Crippen LogP contribution is 2.33. The average molecular weight is 452 g/mol. The van der Waals surface area contributed by atoms with E-state index in [1.165, 1.54) is 19.2 Å². The monoisotopic (exact) mass is 452 g/mol. The summed E-state index contributed by atoms with van der Waals surface area (Å²) < 4.78 is 11.6. The van der Waals surface area contributed by atoms with Gasteiger partial charge in [0, 0.05) is 6.07 Å². The van der Waals surface area contributed by atoms with Gasteiger partial charge in [-0.05, 0) is 46.4 Å². The lowest BCUT2D eigenvalue weighted by Crippen LogP contribution is -2.00. The van der Waals surface area contributed by atoms with Crippen molar-refractivity contribution in [2.45, 2.75) is 0 Å². The maximum Gasteiger partial charge on any atom is 0.287 e. The van der Waals surface area contributed by atoms with E-state index in [-0.39, 0.29) is 12.3 Å². The lowest BCUT2D eigenvalue weighted by Gasteiger charge is -2.11. The molecule has 0 aliphatic carbocycles. The number of aromatic nitrogens is 1. The minimum absolute atomic E-state index is 0.0867. The predicted molar refractivity (Wildman–Crippen MR) is 102 cm³/mol. The zero-order valence-corrected chi connectivity index (χ0v) is 15.3. The van der Waals surface area contributed by atoms with E-state index in [0.717, 1.165) is 15.3 Å². The molecular formula is C16H13IN4O4. The normalized spacial score (nSPS) is 10.3. The summed E-state index contributed by atoms with van der Waals surface area (Å²) in [4.78, 5) is 14.0. The summed E-state index contributed by atoms with van der Waals surface area (Å²) in [5.74, 6) is 3.90. The Kier molecular flexibility index (Phi) is 6.53. The van der Waals surface area contributed by atoms with E-state index in [2.05, 4.69) is 44.0 Å². The first-order valence-electron chi connectivity index (χ1n) is 6.88. The Morgan fingerprint density at radius 3 is 2.92 bits per heavy atom. The molecule has 0 saturated carbocycles. The number of anilines is 1. The van der Waals surface area contributed by atoms with Gasteiger partial charge in [-0.15, -0.1) is 6.42 Å². The number of terminal acetylenes is 1. The number of hydrazone groups is 1. The van der Waals surface area contributed by atoms with Gasteiger partial charge in [0.15, 0.2) is 11.5 Å². The molecule has 2 aromatic rings. The van der Waals surface area contributed by atoms with Crippen molar-refractivity contribution >= 4 is 40.3 Å². The largest absolute Gasteiger partial charge is 0.493 e. The third-order valence-corrected chi connectivity index (χ3v) is 3.70. The third kappa shape index (κ3) is 5.05. The average Bonchev–Trinajstić information content (AvgIpc) is 2.61. The van der Waals surface area contributed by atoms with Gasteiger partial charge in [0.25, 0.3) is 5.69 Å². The molecule has 0 aliphatic rings. The number of halogens is 1. The number of ether oxygens (including phenoxy) is 2. The zero-order valence-electron chi connectivity index (χ0n) is 13.1. The highest BCUT2D eigenvalue weighted by Gasteiger charge is 2.10. The van der Waals surface area contributed by atoms with Crippen molar-refractivity contribution in [3.05, 3.63) is 49.7 Å². The van der Waals surface area contributed by atoms with Crippen LogP contribution in [0.25, 0.3) is 0 Å². The first-order valence-corrected chi connectivity index (χ1v) is 7.96. The molecule has 0 bridgehead atoms. The van der Waals surface area contributed by atoms with Crippen LogP contribution >= 0.6 is 22.6 Å². The van der Waals surface area contributed by atoms with Crippen LogP contribution < -0.4 is 14.9 Å². The van der Waals surface area contributed by atoms with E-state index in [9.17, 15) is 10.1 Å². The highest BCUT2D eigenvalue weighted by molar-refractivity contribution is 14.1. The highest BCUT2D eigenvalue weighted by atomic mass is 127. The van der Waals surface area contributed by atoms with Crippen LogP contribution in [0.1, 0.15) is 5.56 Å². The lowest BCUT2D eigenvalue weighted by atomic mass is 10.2. The Bertz CT molecular complexity index is 831. The molecule has 128 valence electrons. The molecule has 25 heavy (non-hydrogen) atoms. The molecule has 1 aromatic carbocycles. The van der Waals surface area contributed by atoms with Gasteiger partial charge in [-0.1, -0.05) is 5.92 Å². The van der Waals surface area contributed by atoms with E-state index < -0.39 is 4.92 Å². The first-order chi connectivity index (χ1) is 12.0. The van der Waals surface area contributed by atoms with Gasteiger partial charge in [0.2, 0.25) is 0 Å². The van der Waals surface area contributed by atoms with Crippen molar-refractivity contribution < 1.29 is 14.4 Å². The first kappa shape index (κ1) is 18.5. The van der Waals surface area contributed by atoms with Gasteiger partial charge >= 0.3 is 0 Å². The fourth-order valence-corrected chi connectivity index (χ4v) is 2.58. The number of hydrogen-bond acceptors (Lipinski definition) is 7.